The Morgan fingerprint density at radius 1 is 1.10 bits per heavy atom. The van der Waals surface area contributed by atoms with Crippen molar-refractivity contribution in [3.63, 3.8) is 0 Å². The van der Waals surface area contributed by atoms with Gasteiger partial charge in [-0.05, 0) is 44.6 Å². The second-order valence-electron chi connectivity index (χ2n) is 4.75. The van der Waals surface area contributed by atoms with Crippen molar-refractivity contribution in [3.8, 4) is 0 Å². The van der Waals surface area contributed by atoms with Crippen LogP contribution in [0.25, 0.3) is 0 Å². The Morgan fingerprint density at radius 2 is 1.95 bits per heavy atom. The maximum atomic E-state index is 4.21. The molecular formula is C17H15BrN2S. The van der Waals surface area contributed by atoms with Gasteiger partial charge in [0.2, 0.25) is 0 Å². The Balaban J connectivity index is 1.80. The quantitative estimate of drug-likeness (QED) is 0.709. The maximum Gasteiger partial charge on any atom is 0.0673 e. The molecule has 2 nitrogen and oxygen atoms in total. The topological polar surface area (TPSA) is 24.9 Å². The van der Waals surface area contributed by atoms with Crippen molar-refractivity contribution < 1.29 is 0 Å². The van der Waals surface area contributed by atoms with E-state index in [-0.39, 0.29) is 6.04 Å². The predicted octanol–water partition coefficient (Wildman–Crippen LogP) is 4.78. The standard InChI is InChI=1S/C17H15BrN2S/c18-15-9-13(10-19-12-15)11-20-17(16-7-4-8-21-16)14-5-2-1-3-6-14/h1-10,12,17,20H,11H2. The van der Waals surface area contributed by atoms with Crippen molar-refractivity contribution in [2.75, 3.05) is 0 Å². The molecule has 0 aliphatic carbocycles. The fourth-order valence-electron chi connectivity index (χ4n) is 2.26. The molecule has 0 aliphatic rings. The number of rotatable bonds is 5. The second kappa shape index (κ2) is 6.98. The number of nitrogens with zero attached hydrogens (tertiary/aromatic N) is 1. The Kier molecular flexibility index (Phi) is 4.80. The lowest BCUT2D eigenvalue weighted by atomic mass is 10.1. The van der Waals surface area contributed by atoms with Crippen LogP contribution in [0.5, 0.6) is 0 Å². The van der Waals surface area contributed by atoms with Gasteiger partial charge in [0.25, 0.3) is 0 Å². The van der Waals surface area contributed by atoms with E-state index in [2.05, 4.69) is 74.1 Å². The molecule has 106 valence electrons. The number of nitrogens with one attached hydrogen (secondary N) is 1. The molecule has 0 fully saturated rings. The minimum absolute atomic E-state index is 0.213. The summed E-state index contributed by atoms with van der Waals surface area (Å²) < 4.78 is 1.01. The van der Waals surface area contributed by atoms with E-state index in [4.69, 9.17) is 0 Å². The first kappa shape index (κ1) is 14.4. The second-order valence-corrected chi connectivity index (χ2v) is 6.65. The van der Waals surface area contributed by atoms with E-state index >= 15 is 0 Å². The van der Waals surface area contributed by atoms with Gasteiger partial charge in [0, 0.05) is 28.3 Å². The normalized spacial score (nSPS) is 12.2. The monoisotopic (exact) mass is 358 g/mol. The van der Waals surface area contributed by atoms with Crippen molar-refractivity contribution in [1.82, 2.24) is 10.3 Å². The van der Waals surface area contributed by atoms with Crippen LogP contribution in [0.1, 0.15) is 22.0 Å². The molecule has 1 unspecified atom stereocenters. The molecule has 2 heterocycles. The molecule has 1 N–H and O–H groups in total. The lowest BCUT2D eigenvalue weighted by molar-refractivity contribution is 0.612. The van der Waals surface area contributed by atoms with Gasteiger partial charge in [-0.2, -0.15) is 0 Å². The highest BCUT2D eigenvalue weighted by molar-refractivity contribution is 9.10. The zero-order chi connectivity index (χ0) is 14.5. The average Bonchev–Trinajstić information content (AvgIpc) is 3.03. The Labute approximate surface area is 137 Å². The molecule has 1 aromatic carbocycles. The molecular weight excluding hydrogens is 344 g/mol. The van der Waals surface area contributed by atoms with Crippen molar-refractivity contribution >= 4 is 27.3 Å². The third-order valence-electron chi connectivity index (χ3n) is 3.23. The summed E-state index contributed by atoms with van der Waals surface area (Å²) in [5.41, 5.74) is 2.45. The summed E-state index contributed by atoms with van der Waals surface area (Å²) in [5.74, 6) is 0. The number of aromatic nitrogens is 1. The van der Waals surface area contributed by atoms with E-state index in [0.717, 1.165) is 11.0 Å². The third-order valence-corrected chi connectivity index (χ3v) is 4.60. The molecule has 0 saturated heterocycles. The van der Waals surface area contributed by atoms with E-state index in [9.17, 15) is 0 Å². The fourth-order valence-corrected chi connectivity index (χ4v) is 3.50. The van der Waals surface area contributed by atoms with Gasteiger partial charge in [-0.15, -0.1) is 11.3 Å². The molecule has 21 heavy (non-hydrogen) atoms. The van der Waals surface area contributed by atoms with Gasteiger partial charge in [-0.25, -0.2) is 0 Å². The van der Waals surface area contributed by atoms with Gasteiger partial charge < -0.3 is 5.32 Å². The third kappa shape index (κ3) is 3.79. The molecule has 0 radical (unpaired) electrons. The average molecular weight is 359 g/mol. The Hall–Kier alpha value is -1.49. The van der Waals surface area contributed by atoms with E-state index < -0.39 is 0 Å². The molecule has 4 heteroatoms. The van der Waals surface area contributed by atoms with Crippen molar-refractivity contribution in [2.24, 2.45) is 0 Å². The van der Waals surface area contributed by atoms with Gasteiger partial charge in [0.05, 0.1) is 6.04 Å². The number of halogens is 1. The van der Waals surface area contributed by atoms with Crippen LogP contribution in [-0.2, 0) is 6.54 Å². The molecule has 0 saturated carbocycles. The number of hydrogen-bond acceptors (Lipinski definition) is 3. The minimum atomic E-state index is 0.213. The van der Waals surface area contributed by atoms with Gasteiger partial charge >= 0.3 is 0 Å². The SMILES string of the molecule is Brc1cncc(CNC(c2ccccc2)c2cccs2)c1. The first-order valence-electron chi connectivity index (χ1n) is 6.74. The Morgan fingerprint density at radius 3 is 2.67 bits per heavy atom. The van der Waals surface area contributed by atoms with E-state index in [1.54, 1.807) is 17.5 Å². The smallest absolute Gasteiger partial charge is 0.0673 e. The van der Waals surface area contributed by atoms with Crippen LogP contribution in [-0.4, -0.2) is 4.98 Å². The predicted molar refractivity (Wildman–Crippen MR) is 91.4 cm³/mol. The minimum Gasteiger partial charge on any atom is -0.301 e. The van der Waals surface area contributed by atoms with Crippen molar-refractivity contribution in [1.29, 1.82) is 0 Å². The van der Waals surface area contributed by atoms with Crippen LogP contribution in [0.3, 0.4) is 0 Å². The van der Waals surface area contributed by atoms with Crippen LogP contribution in [0, 0.1) is 0 Å². The van der Waals surface area contributed by atoms with Crippen LogP contribution in [0.2, 0.25) is 0 Å². The molecule has 0 spiro atoms. The first-order chi connectivity index (χ1) is 10.3. The largest absolute Gasteiger partial charge is 0.301 e. The van der Waals surface area contributed by atoms with Gasteiger partial charge in [-0.1, -0.05) is 36.4 Å². The summed E-state index contributed by atoms with van der Waals surface area (Å²) >= 11 is 5.24. The number of benzene rings is 1. The van der Waals surface area contributed by atoms with E-state index in [0.29, 0.717) is 0 Å². The maximum absolute atomic E-state index is 4.21. The van der Waals surface area contributed by atoms with Crippen LogP contribution in [0.4, 0.5) is 0 Å². The highest BCUT2D eigenvalue weighted by Crippen LogP contribution is 2.26. The molecule has 1 atom stereocenters. The van der Waals surface area contributed by atoms with Crippen LogP contribution < -0.4 is 5.32 Å². The summed E-state index contributed by atoms with van der Waals surface area (Å²) in [5, 5.41) is 5.75. The molecule has 0 aliphatic heterocycles. The molecule has 3 aromatic rings. The molecule has 0 amide bonds. The number of pyridine rings is 1. The zero-order valence-corrected chi connectivity index (χ0v) is 13.8. The molecule has 3 rings (SSSR count). The van der Waals surface area contributed by atoms with E-state index in [1.165, 1.54) is 16.0 Å². The Bertz CT molecular complexity index is 683. The van der Waals surface area contributed by atoms with Crippen molar-refractivity contribution in [2.45, 2.75) is 12.6 Å². The number of thiophene rings is 1. The van der Waals surface area contributed by atoms with Gasteiger partial charge in [0.1, 0.15) is 0 Å². The lowest BCUT2D eigenvalue weighted by Crippen LogP contribution is -2.21. The van der Waals surface area contributed by atoms with Gasteiger partial charge in [-0.3, -0.25) is 4.98 Å². The summed E-state index contributed by atoms with van der Waals surface area (Å²) in [4.78, 5) is 5.54. The van der Waals surface area contributed by atoms with Gasteiger partial charge in [0.15, 0.2) is 0 Å². The van der Waals surface area contributed by atoms with Crippen molar-refractivity contribution in [3.05, 3.63) is 86.8 Å². The summed E-state index contributed by atoms with van der Waals surface area (Å²) in [6, 6.07) is 17.1. The highest BCUT2D eigenvalue weighted by Gasteiger charge is 2.14. The fraction of sp³-hybridized carbons (Fsp3) is 0.118. The van der Waals surface area contributed by atoms with E-state index in [1.807, 2.05) is 12.3 Å². The highest BCUT2D eigenvalue weighted by atomic mass is 79.9. The van der Waals surface area contributed by atoms with Crippen LogP contribution in [0.15, 0.2) is 70.8 Å². The summed E-state index contributed by atoms with van der Waals surface area (Å²) in [6.07, 6.45) is 3.70. The number of hydrogen-bond donors (Lipinski definition) is 1. The molecule has 0 bridgehead atoms. The summed E-state index contributed by atoms with van der Waals surface area (Å²) in [7, 11) is 0. The first-order valence-corrected chi connectivity index (χ1v) is 8.41. The lowest BCUT2D eigenvalue weighted by Gasteiger charge is -2.18. The zero-order valence-electron chi connectivity index (χ0n) is 11.4. The molecule has 2 aromatic heterocycles. The van der Waals surface area contributed by atoms with Crippen LogP contribution >= 0.6 is 27.3 Å². The summed E-state index contributed by atoms with van der Waals surface area (Å²) in [6.45, 7) is 0.782.